The zero-order chi connectivity index (χ0) is 17.3. The predicted molar refractivity (Wildman–Crippen MR) is 82.5 cm³/mol. The van der Waals surface area contributed by atoms with Crippen LogP contribution in [0.3, 0.4) is 0 Å². The SMILES string of the molecule is Cc1nc2cc(C(F)(F)F)ccn2c1C(=O)NCc1ccccc1. The highest BCUT2D eigenvalue weighted by atomic mass is 19.4. The number of amides is 1. The number of fused-ring (bicyclic) bond motifs is 1. The van der Waals surface area contributed by atoms with Crippen LogP contribution < -0.4 is 5.32 Å². The first-order chi connectivity index (χ1) is 11.4. The number of pyridine rings is 1. The van der Waals surface area contributed by atoms with Crippen molar-refractivity contribution >= 4 is 11.6 Å². The highest BCUT2D eigenvalue weighted by Gasteiger charge is 2.31. The number of hydrogen-bond donors (Lipinski definition) is 1. The molecule has 0 unspecified atom stereocenters. The van der Waals surface area contributed by atoms with E-state index in [-0.39, 0.29) is 17.2 Å². The van der Waals surface area contributed by atoms with E-state index in [0.29, 0.717) is 12.2 Å². The van der Waals surface area contributed by atoms with E-state index in [1.807, 2.05) is 30.3 Å². The molecule has 0 bridgehead atoms. The van der Waals surface area contributed by atoms with Gasteiger partial charge in [-0.1, -0.05) is 30.3 Å². The van der Waals surface area contributed by atoms with Gasteiger partial charge in [-0.05, 0) is 24.6 Å². The predicted octanol–water partition coefficient (Wildman–Crippen LogP) is 3.59. The van der Waals surface area contributed by atoms with Gasteiger partial charge in [0.25, 0.3) is 5.91 Å². The van der Waals surface area contributed by atoms with E-state index in [0.717, 1.165) is 17.7 Å². The molecule has 1 N–H and O–H groups in total. The first kappa shape index (κ1) is 16.0. The fraction of sp³-hybridized carbons (Fsp3) is 0.176. The fourth-order valence-corrected chi connectivity index (χ4v) is 2.47. The van der Waals surface area contributed by atoms with Gasteiger partial charge in [0.15, 0.2) is 0 Å². The maximum absolute atomic E-state index is 12.8. The number of hydrogen-bond acceptors (Lipinski definition) is 2. The number of aryl methyl sites for hydroxylation is 1. The van der Waals surface area contributed by atoms with Crippen molar-refractivity contribution in [1.82, 2.24) is 14.7 Å². The Labute approximate surface area is 135 Å². The highest BCUT2D eigenvalue weighted by molar-refractivity contribution is 5.94. The molecule has 7 heteroatoms. The van der Waals surface area contributed by atoms with Crippen LogP contribution in [0.5, 0.6) is 0 Å². The summed E-state index contributed by atoms with van der Waals surface area (Å²) in [5.74, 6) is -0.386. The maximum Gasteiger partial charge on any atom is 0.416 e. The minimum atomic E-state index is -4.45. The monoisotopic (exact) mass is 333 g/mol. The van der Waals surface area contributed by atoms with Crippen LogP contribution in [0, 0.1) is 6.92 Å². The molecule has 0 aliphatic heterocycles. The molecular formula is C17H14F3N3O. The van der Waals surface area contributed by atoms with Crippen molar-refractivity contribution in [2.24, 2.45) is 0 Å². The number of nitrogens with zero attached hydrogens (tertiary/aromatic N) is 2. The summed E-state index contributed by atoms with van der Waals surface area (Å²) in [7, 11) is 0. The second kappa shape index (κ2) is 5.99. The van der Waals surface area contributed by atoms with E-state index in [1.165, 1.54) is 10.6 Å². The van der Waals surface area contributed by atoms with E-state index < -0.39 is 11.7 Å². The number of carbonyl (C=O) groups excluding carboxylic acids is 1. The molecule has 3 rings (SSSR count). The van der Waals surface area contributed by atoms with Crippen molar-refractivity contribution in [3.05, 3.63) is 71.2 Å². The Kier molecular flexibility index (Phi) is 4.01. The highest BCUT2D eigenvalue weighted by Crippen LogP contribution is 2.30. The van der Waals surface area contributed by atoms with Gasteiger partial charge >= 0.3 is 6.18 Å². The lowest BCUT2D eigenvalue weighted by molar-refractivity contribution is -0.137. The molecule has 0 saturated carbocycles. The average Bonchev–Trinajstić information content (AvgIpc) is 2.87. The topological polar surface area (TPSA) is 46.4 Å². The molecule has 4 nitrogen and oxygen atoms in total. The summed E-state index contributed by atoms with van der Waals surface area (Å²) < 4.78 is 39.7. The first-order valence-electron chi connectivity index (χ1n) is 7.24. The second-order valence-electron chi connectivity index (χ2n) is 5.36. The molecule has 124 valence electrons. The summed E-state index contributed by atoms with van der Waals surface area (Å²) in [4.78, 5) is 16.5. The molecule has 0 aliphatic rings. The molecule has 0 fully saturated rings. The normalized spacial score (nSPS) is 11.7. The zero-order valence-corrected chi connectivity index (χ0v) is 12.8. The summed E-state index contributed by atoms with van der Waals surface area (Å²) in [6.45, 7) is 1.92. The van der Waals surface area contributed by atoms with Crippen LogP contribution in [0.2, 0.25) is 0 Å². The van der Waals surface area contributed by atoms with Crippen molar-refractivity contribution in [3.63, 3.8) is 0 Å². The number of aromatic nitrogens is 2. The molecule has 2 aromatic heterocycles. The van der Waals surface area contributed by atoms with Gasteiger partial charge in [0, 0.05) is 12.7 Å². The van der Waals surface area contributed by atoms with Crippen LogP contribution in [-0.4, -0.2) is 15.3 Å². The molecule has 24 heavy (non-hydrogen) atoms. The van der Waals surface area contributed by atoms with Crippen molar-refractivity contribution in [1.29, 1.82) is 0 Å². The standard InChI is InChI=1S/C17H14F3N3O/c1-11-15(16(24)21-10-12-5-3-2-4-6-12)23-8-7-13(17(18,19)20)9-14(23)22-11/h2-9H,10H2,1H3,(H,21,24). The molecule has 0 aliphatic carbocycles. The summed E-state index contributed by atoms with van der Waals surface area (Å²) >= 11 is 0. The smallest absolute Gasteiger partial charge is 0.347 e. The van der Waals surface area contributed by atoms with Crippen LogP contribution in [0.15, 0.2) is 48.7 Å². The van der Waals surface area contributed by atoms with Gasteiger partial charge in [-0.25, -0.2) is 4.98 Å². The van der Waals surface area contributed by atoms with Crippen molar-refractivity contribution in [2.75, 3.05) is 0 Å². The Morgan fingerprint density at radius 2 is 1.92 bits per heavy atom. The molecule has 3 aromatic rings. The number of benzene rings is 1. The number of rotatable bonds is 3. The minimum Gasteiger partial charge on any atom is -0.347 e. The van der Waals surface area contributed by atoms with Crippen LogP contribution in [-0.2, 0) is 12.7 Å². The Hall–Kier alpha value is -2.83. The van der Waals surface area contributed by atoms with E-state index in [9.17, 15) is 18.0 Å². The summed E-state index contributed by atoms with van der Waals surface area (Å²) in [5.41, 5.74) is 0.828. The number of imidazole rings is 1. The Morgan fingerprint density at radius 1 is 1.21 bits per heavy atom. The van der Waals surface area contributed by atoms with Gasteiger partial charge in [-0.2, -0.15) is 13.2 Å². The number of alkyl halides is 3. The third-order valence-corrected chi connectivity index (χ3v) is 3.64. The van der Waals surface area contributed by atoms with Gasteiger partial charge in [-0.15, -0.1) is 0 Å². The third-order valence-electron chi connectivity index (χ3n) is 3.64. The van der Waals surface area contributed by atoms with Crippen LogP contribution >= 0.6 is 0 Å². The average molecular weight is 333 g/mol. The van der Waals surface area contributed by atoms with Crippen molar-refractivity contribution in [2.45, 2.75) is 19.6 Å². The van der Waals surface area contributed by atoms with Crippen LogP contribution in [0.1, 0.15) is 27.3 Å². The van der Waals surface area contributed by atoms with E-state index in [2.05, 4.69) is 10.3 Å². The third kappa shape index (κ3) is 3.10. The number of halogens is 3. The molecule has 0 saturated heterocycles. The van der Waals surface area contributed by atoms with Gasteiger partial charge < -0.3 is 5.32 Å². The largest absolute Gasteiger partial charge is 0.416 e. The lowest BCUT2D eigenvalue weighted by Crippen LogP contribution is -2.25. The van der Waals surface area contributed by atoms with Crippen molar-refractivity contribution < 1.29 is 18.0 Å². The Morgan fingerprint density at radius 3 is 2.58 bits per heavy atom. The van der Waals surface area contributed by atoms with Crippen molar-refractivity contribution in [3.8, 4) is 0 Å². The lowest BCUT2D eigenvalue weighted by atomic mass is 10.2. The molecule has 2 heterocycles. The zero-order valence-electron chi connectivity index (χ0n) is 12.8. The quantitative estimate of drug-likeness (QED) is 0.796. The molecule has 0 radical (unpaired) electrons. The molecule has 0 atom stereocenters. The lowest BCUT2D eigenvalue weighted by Gasteiger charge is -2.08. The van der Waals surface area contributed by atoms with E-state index in [4.69, 9.17) is 0 Å². The Bertz CT molecular complexity index is 885. The molecule has 1 amide bonds. The van der Waals surface area contributed by atoms with Gasteiger partial charge in [-0.3, -0.25) is 9.20 Å². The van der Waals surface area contributed by atoms with Gasteiger partial charge in [0.05, 0.1) is 11.3 Å². The minimum absolute atomic E-state index is 0.0900. The maximum atomic E-state index is 12.8. The summed E-state index contributed by atoms with van der Waals surface area (Å²) in [5, 5.41) is 2.76. The molecule has 0 spiro atoms. The summed E-state index contributed by atoms with van der Waals surface area (Å²) in [6, 6.07) is 11.2. The molecule has 1 aromatic carbocycles. The molecular weight excluding hydrogens is 319 g/mol. The van der Waals surface area contributed by atoms with E-state index >= 15 is 0 Å². The number of carbonyl (C=O) groups is 1. The van der Waals surface area contributed by atoms with Gasteiger partial charge in [0.1, 0.15) is 11.3 Å². The second-order valence-corrected chi connectivity index (χ2v) is 5.36. The summed E-state index contributed by atoms with van der Waals surface area (Å²) in [6.07, 6.45) is -3.23. The van der Waals surface area contributed by atoms with E-state index in [1.54, 1.807) is 6.92 Å². The fourth-order valence-electron chi connectivity index (χ4n) is 2.47. The first-order valence-corrected chi connectivity index (χ1v) is 7.24. The van der Waals surface area contributed by atoms with Gasteiger partial charge in [0.2, 0.25) is 0 Å². The van der Waals surface area contributed by atoms with Crippen LogP contribution in [0.4, 0.5) is 13.2 Å². The van der Waals surface area contributed by atoms with Crippen LogP contribution in [0.25, 0.3) is 5.65 Å². The Balaban J connectivity index is 1.88. The number of nitrogens with one attached hydrogen (secondary N) is 1.